The van der Waals surface area contributed by atoms with Crippen LogP contribution < -0.4 is 5.73 Å². The summed E-state index contributed by atoms with van der Waals surface area (Å²) < 4.78 is 0. The topological polar surface area (TPSA) is 46.2 Å². The normalized spacial score (nSPS) is 15.4. The van der Waals surface area contributed by atoms with Gasteiger partial charge in [0.05, 0.1) is 5.60 Å². The van der Waals surface area contributed by atoms with E-state index in [0.29, 0.717) is 13.0 Å². The lowest BCUT2D eigenvalue weighted by atomic mass is 9.92. The second-order valence-corrected chi connectivity index (χ2v) is 3.68. The molecule has 0 saturated carbocycles. The molecule has 3 N–H and O–H groups in total. The third kappa shape index (κ3) is 2.54. The molecule has 13 heavy (non-hydrogen) atoms. The highest BCUT2D eigenvalue weighted by atomic mass is 16.3. The Morgan fingerprint density at radius 3 is 2.31 bits per heavy atom. The molecule has 0 spiro atoms. The van der Waals surface area contributed by atoms with Crippen LogP contribution in [0.5, 0.6) is 0 Å². The van der Waals surface area contributed by atoms with Crippen molar-refractivity contribution >= 4 is 0 Å². The van der Waals surface area contributed by atoms with Crippen molar-refractivity contribution in [2.24, 2.45) is 5.73 Å². The molecule has 1 unspecified atom stereocenters. The Labute approximate surface area is 79.4 Å². The summed E-state index contributed by atoms with van der Waals surface area (Å²) in [5.41, 5.74) is 6.77. The lowest BCUT2D eigenvalue weighted by Gasteiger charge is -2.23. The van der Waals surface area contributed by atoms with Gasteiger partial charge in [0.25, 0.3) is 0 Å². The number of hydrogen-bond acceptors (Lipinski definition) is 2. The largest absolute Gasteiger partial charge is 0.385 e. The van der Waals surface area contributed by atoms with Gasteiger partial charge in [0, 0.05) is 0 Å². The van der Waals surface area contributed by atoms with Crippen molar-refractivity contribution in [3.63, 3.8) is 0 Å². The second kappa shape index (κ2) is 3.90. The maximum absolute atomic E-state index is 10.00. The maximum atomic E-state index is 10.00. The minimum atomic E-state index is -0.789. The third-order valence-electron chi connectivity index (χ3n) is 2.30. The van der Waals surface area contributed by atoms with Crippen molar-refractivity contribution < 1.29 is 5.11 Å². The van der Waals surface area contributed by atoms with Crippen molar-refractivity contribution in [3.05, 3.63) is 35.4 Å². The predicted octanol–water partition coefficient (Wildman–Crippen LogP) is 1.55. The maximum Gasteiger partial charge on any atom is 0.0880 e. The van der Waals surface area contributed by atoms with Crippen molar-refractivity contribution in [1.29, 1.82) is 0 Å². The highest BCUT2D eigenvalue weighted by Gasteiger charge is 2.21. The number of hydrogen-bond donors (Lipinski definition) is 2. The molecule has 0 saturated heterocycles. The van der Waals surface area contributed by atoms with E-state index in [1.807, 2.05) is 31.2 Å². The summed E-state index contributed by atoms with van der Waals surface area (Å²) in [7, 11) is 0. The minimum absolute atomic E-state index is 0.501. The molecule has 0 aliphatic heterocycles. The summed E-state index contributed by atoms with van der Waals surface area (Å²) >= 11 is 0. The fourth-order valence-corrected chi connectivity index (χ4v) is 1.34. The van der Waals surface area contributed by atoms with Gasteiger partial charge in [-0.3, -0.25) is 0 Å². The highest BCUT2D eigenvalue weighted by Crippen LogP contribution is 2.23. The molecule has 1 aromatic carbocycles. The van der Waals surface area contributed by atoms with Crippen LogP contribution in [-0.4, -0.2) is 11.7 Å². The summed E-state index contributed by atoms with van der Waals surface area (Å²) in [5, 5.41) is 10.00. The van der Waals surface area contributed by atoms with Crippen LogP contribution in [0.25, 0.3) is 0 Å². The highest BCUT2D eigenvalue weighted by molar-refractivity contribution is 5.25. The zero-order valence-electron chi connectivity index (χ0n) is 8.25. The van der Waals surface area contributed by atoms with E-state index >= 15 is 0 Å². The molecule has 0 aliphatic carbocycles. The molecule has 0 amide bonds. The van der Waals surface area contributed by atoms with Crippen molar-refractivity contribution in [2.45, 2.75) is 25.9 Å². The van der Waals surface area contributed by atoms with Gasteiger partial charge >= 0.3 is 0 Å². The van der Waals surface area contributed by atoms with Gasteiger partial charge < -0.3 is 10.8 Å². The van der Waals surface area contributed by atoms with Crippen LogP contribution in [0.3, 0.4) is 0 Å². The molecular formula is C11H17NO. The van der Waals surface area contributed by atoms with E-state index in [9.17, 15) is 5.11 Å². The van der Waals surface area contributed by atoms with E-state index in [1.165, 1.54) is 5.56 Å². The standard InChI is InChI=1S/C11H17NO/c1-9-3-5-10(6-4-9)11(2,13)7-8-12/h3-6,13H,7-8,12H2,1-2H3. The second-order valence-electron chi connectivity index (χ2n) is 3.68. The van der Waals surface area contributed by atoms with Crippen molar-refractivity contribution in [1.82, 2.24) is 0 Å². The molecule has 0 aliphatic rings. The number of aliphatic hydroxyl groups is 1. The first-order valence-corrected chi connectivity index (χ1v) is 4.56. The molecule has 1 aromatic rings. The summed E-state index contributed by atoms with van der Waals surface area (Å²) in [5.74, 6) is 0. The van der Waals surface area contributed by atoms with Crippen LogP contribution in [-0.2, 0) is 5.60 Å². The molecule has 72 valence electrons. The average Bonchev–Trinajstić information content (AvgIpc) is 2.05. The van der Waals surface area contributed by atoms with E-state index in [-0.39, 0.29) is 0 Å². The Bertz CT molecular complexity index is 264. The van der Waals surface area contributed by atoms with Crippen LogP contribution in [0.4, 0.5) is 0 Å². The summed E-state index contributed by atoms with van der Waals surface area (Å²) in [6.07, 6.45) is 0.593. The lowest BCUT2D eigenvalue weighted by Crippen LogP contribution is -2.24. The van der Waals surface area contributed by atoms with Crippen LogP contribution in [0.1, 0.15) is 24.5 Å². The van der Waals surface area contributed by atoms with E-state index in [1.54, 1.807) is 6.92 Å². The molecule has 0 radical (unpaired) electrons. The summed E-state index contributed by atoms with van der Waals surface area (Å²) in [6, 6.07) is 7.90. The zero-order chi connectivity index (χ0) is 9.90. The van der Waals surface area contributed by atoms with Crippen LogP contribution in [0.15, 0.2) is 24.3 Å². The summed E-state index contributed by atoms with van der Waals surface area (Å²) in [4.78, 5) is 0. The smallest absolute Gasteiger partial charge is 0.0880 e. The lowest BCUT2D eigenvalue weighted by molar-refractivity contribution is 0.0504. The number of nitrogens with two attached hydrogens (primary N) is 1. The first-order chi connectivity index (χ1) is 6.06. The first kappa shape index (κ1) is 10.2. The van der Waals surface area contributed by atoms with Gasteiger partial charge in [-0.1, -0.05) is 29.8 Å². The van der Waals surface area contributed by atoms with Crippen LogP contribution >= 0.6 is 0 Å². The van der Waals surface area contributed by atoms with Gasteiger partial charge in [-0.2, -0.15) is 0 Å². The SMILES string of the molecule is Cc1ccc(C(C)(O)CCN)cc1. The van der Waals surface area contributed by atoms with Gasteiger partial charge in [-0.25, -0.2) is 0 Å². The molecule has 0 heterocycles. The van der Waals surface area contributed by atoms with Gasteiger partial charge in [0.1, 0.15) is 0 Å². The van der Waals surface area contributed by atoms with Gasteiger partial charge in [0.15, 0.2) is 0 Å². The summed E-state index contributed by atoms with van der Waals surface area (Å²) in [6.45, 7) is 4.33. The third-order valence-corrected chi connectivity index (χ3v) is 2.30. The first-order valence-electron chi connectivity index (χ1n) is 4.56. The molecule has 1 rings (SSSR count). The molecule has 2 heteroatoms. The quantitative estimate of drug-likeness (QED) is 0.739. The van der Waals surface area contributed by atoms with Gasteiger partial charge in [-0.05, 0) is 32.4 Å². The van der Waals surface area contributed by atoms with E-state index in [2.05, 4.69) is 0 Å². The number of aryl methyl sites for hydroxylation is 1. The van der Waals surface area contributed by atoms with Gasteiger partial charge in [-0.15, -0.1) is 0 Å². The molecular weight excluding hydrogens is 162 g/mol. The van der Waals surface area contributed by atoms with Crippen LogP contribution in [0.2, 0.25) is 0 Å². The monoisotopic (exact) mass is 179 g/mol. The van der Waals surface area contributed by atoms with Gasteiger partial charge in [0.2, 0.25) is 0 Å². The molecule has 0 aromatic heterocycles. The van der Waals surface area contributed by atoms with Crippen LogP contribution in [0, 0.1) is 6.92 Å². The van der Waals surface area contributed by atoms with E-state index in [4.69, 9.17) is 5.73 Å². The minimum Gasteiger partial charge on any atom is -0.385 e. The molecule has 2 nitrogen and oxygen atoms in total. The Balaban J connectivity index is 2.87. The molecule has 0 bridgehead atoms. The average molecular weight is 179 g/mol. The Hall–Kier alpha value is -0.860. The Morgan fingerprint density at radius 1 is 1.31 bits per heavy atom. The van der Waals surface area contributed by atoms with E-state index < -0.39 is 5.60 Å². The number of rotatable bonds is 3. The predicted molar refractivity (Wildman–Crippen MR) is 54.4 cm³/mol. The Morgan fingerprint density at radius 2 is 1.85 bits per heavy atom. The van der Waals surface area contributed by atoms with Crippen molar-refractivity contribution in [3.8, 4) is 0 Å². The fraction of sp³-hybridized carbons (Fsp3) is 0.455. The molecule has 0 fully saturated rings. The van der Waals surface area contributed by atoms with E-state index in [0.717, 1.165) is 5.56 Å². The fourth-order valence-electron chi connectivity index (χ4n) is 1.34. The molecule has 1 atom stereocenters. The van der Waals surface area contributed by atoms with Crippen molar-refractivity contribution in [2.75, 3.05) is 6.54 Å². The zero-order valence-corrected chi connectivity index (χ0v) is 8.25. The number of benzene rings is 1. The Kier molecular flexibility index (Phi) is 3.07.